The zero-order valence-electron chi connectivity index (χ0n) is 24.4. The van der Waals surface area contributed by atoms with Gasteiger partial charge in [-0.15, -0.1) is 0 Å². The maximum absolute atomic E-state index is 14.4. The Morgan fingerprint density at radius 1 is 1.21 bits per heavy atom. The molecule has 1 N–H and O–H groups in total. The molecule has 6 rings (SSSR count). The maximum atomic E-state index is 14.4. The molecule has 1 saturated carbocycles. The SMILES string of the molecule is COC1CN(CC2(C=O)CCc3c(C4=CCC(C)(C(=O)O)CC4)nn(C(=O)c4c(Cl)cccc4C4(C(F)F)CC4)c3C2)C1. The summed E-state index contributed by atoms with van der Waals surface area (Å²) in [7, 11) is 1.66. The van der Waals surface area contributed by atoms with Crippen molar-refractivity contribution in [1.82, 2.24) is 14.7 Å². The minimum absolute atomic E-state index is 0.0165. The Balaban J connectivity index is 1.43. The van der Waals surface area contributed by atoms with E-state index in [1.54, 1.807) is 26.2 Å². The van der Waals surface area contributed by atoms with Gasteiger partial charge in [0.2, 0.25) is 6.43 Å². The van der Waals surface area contributed by atoms with Crippen LogP contribution in [0.25, 0.3) is 5.57 Å². The Morgan fingerprint density at radius 2 is 1.95 bits per heavy atom. The van der Waals surface area contributed by atoms with Gasteiger partial charge in [-0.1, -0.05) is 29.8 Å². The number of aldehydes is 1. The number of benzene rings is 1. The molecule has 11 heteroatoms. The number of alkyl halides is 2. The molecule has 0 bridgehead atoms. The number of methoxy groups -OCH3 is 1. The summed E-state index contributed by atoms with van der Waals surface area (Å²) in [6.07, 6.45) is 3.41. The first-order chi connectivity index (χ1) is 20.5. The minimum atomic E-state index is -2.65. The van der Waals surface area contributed by atoms with Crippen molar-refractivity contribution in [3.05, 3.63) is 57.4 Å². The first-order valence-corrected chi connectivity index (χ1v) is 15.2. The number of likely N-dealkylation sites (tertiary alicyclic amines) is 1. The summed E-state index contributed by atoms with van der Waals surface area (Å²) < 4.78 is 35.2. The smallest absolute Gasteiger partial charge is 0.309 e. The number of aliphatic carboxylic acids is 1. The van der Waals surface area contributed by atoms with Gasteiger partial charge in [-0.25, -0.2) is 8.78 Å². The van der Waals surface area contributed by atoms with Crippen molar-refractivity contribution >= 4 is 35.3 Å². The van der Waals surface area contributed by atoms with Gasteiger partial charge in [0.15, 0.2) is 0 Å². The number of ether oxygens (including phenoxy) is 1. The van der Waals surface area contributed by atoms with E-state index < -0.39 is 34.5 Å². The van der Waals surface area contributed by atoms with Crippen molar-refractivity contribution in [2.24, 2.45) is 10.8 Å². The van der Waals surface area contributed by atoms with E-state index >= 15 is 0 Å². The molecule has 2 fully saturated rings. The van der Waals surface area contributed by atoms with E-state index in [0.717, 1.165) is 30.5 Å². The average Bonchev–Trinajstić information content (AvgIpc) is 3.71. The lowest BCUT2D eigenvalue weighted by molar-refractivity contribution is -0.148. The predicted molar refractivity (Wildman–Crippen MR) is 156 cm³/mol. The number of fused-ring (bicyclic) bond motifs is 1. The van der Waals surface area contributed by atoms with E-state index in [9.17, 15) is 28.3 Å². The zero-order valence-corrected chi connectivity index (χ0v) is 25.1. The summed E-state index contributed by atoms with van der Waals surface area (Å²) in [4.78, 5) is 41.1. The number of halogens is 3. The molecule has 8 nitrogen and oxygen atoms in total. The summed E-state index contributed by atoms with van der Waals surface area (Å²) in [5.41, 5.74) is 0.0896. The largest absolute Gasteiger partial charge is 0.481 e. The fraction of sp³-hybridized carbons (Fsp3) is 0.562. The quantitative estimate of drug-likeness (QED) is 0.388. The van der Waals surface area contributed by atoms with Gasteiger partial charge in [0.25, 0.3) is 5.91 Å². The topological polar surface area (TPSA) is 102 Å². The third-order valence-corrected chi connectivity index (χ3v) is 10.6. The summed E-state index contributed by atoms with van der Waals surface area (Å²) in [5.74, 6) is -1.45. The van der Waals surface area contributed by atoms with Gasteiger partial charge in [-0.3, -0.25) is 14.5 Å². The van der Waals surface area contributed by atoms with E-state index in [-0.39, 0.29) is 41.5 Å². The molecular weight excluding hydrogens is 580 g/mol. The molecule has 0 radical (unpaired) electrons. The van der Waals surface area contributed by atoms with Crippen LogP contribution in [-0.4, -0.2) is 77.2 Å². The number of carboxylic acids is 1. The van der Waals surface area contributed by atoms with Crippen molar-refractivity contribution in [3.63, 3.8) is 0 Å². The Hall–Kier alpha value is -2.95. The second kappa shape index (κ2) is 10.9. The lowest BCUT2D eigenvalue weighted by atomic mass is 9.71. The highest BCUT2D eigenvalue weighted by molar-refractivity contribution is 6.34. The Morgan fingerprint density at radius 3 is 2.53 bits per heavy atom. The summed E-state index contributed by atoms with van der Waals surface area (Å²) >= 11 is 6.57. The Kier molecular flexibility index (Phi) is 7.62. The van der Waals surface area contributed by atoms with Gasteiger partial charge in [0.1, 0.15) is 6.29 Å². The van der Waals surface area contributed by atoms with Crippen molar-refractivity contribution in [1.29, 1.82) is 0 Å². The third kappa shape index (κ3) is 5.05. The summed E-state index contributed by atoms with van der Waals surface area (Å²) in [6, 6.07) is 4.67. The minimum Gasteiger partial charge on any atom is -0.481 e. The highest BCUT2D eigenvalue weighted by Crippen LogP contribution is 2.54. The molecule has 1 aromatic carbocycles. The Bertz CT molecular complexity index is 1510. The number of carboxylic acid groups (broad SMARTS) is 1. The maximum Gasteiger partial charge on any atom is 0.309 e. The zero-order chi connectivity index (χ0) is 30.7. The second-order valence-electron chi connectivity index (χ2n) is 13.1. The molecule has 3 aliphatic carbocycles. The van der Waals surface area contributed by atoms with Crippen LogP contribution in [0.3, 0.4) is 0 Å². The number of carbonyl (C=O) groups is 3. The molecule has 1 aliphatic heterocycles. The Labute approximate surface area is 254 Å². The summed E-state index contributed by atoms with van der Waals surface area (Å²) in [5, 5.41) is 14.6. The van der Waals surface area contributed by atoms with Crippen LogP contribution in [0.2, 0.25) is 5.02 Å². The third-order valence-electron chi connectivity index (χ3n) is 10.3. The molecule has 1 saturated heterocycles. The fourth-order valence-corrected chi connectivity index (χ4v) is 7.30. The number of allylic oxidation sites excluding steroid dienone is 2. The van der Waals surface area contributed by atoms with Crippen molar-refractivity contribution in [2.75, 3.05) is 26.7 Å². The molecule has 2 unspecified atom stereocenters. The first-order valence-electron chi connectivity index (χ1n) is 14.8. The van der Waals surface area contributed by atoms with E-state index in [2.05, 4.69) is 4.90 Å². The van der Waals surface area contributed by atoms with Crippen LogP contribution in [0.1, 0.15) is 78.3 Å². The number of aromatic nitrogens is 2. The summed E-state index contributed by atoms with van der Waals surface area (Å²) in [6.45, 7) is 3.67. The highest BCUT2D eigenvalue weighted by atomic mass is 35.5. The molecule has 1 aromatic heterocycles. The van der Waals surface area contributed by atoms with E-state index in [0.29, 0.717) is 50.0 Å². The number of nitrogens with zero attached hydrogens (tertiary/aromatic N) is 3. The molecule has 43 heavy (non-hydrogen) atoms. The molecule has 2 atom stereocenters. The van der Waals surface area contributed by atoms with Crippen LogP contribution >= 0.6 is 11.6 Å². The second-order valence-corrected chi connectivity index (χ2v) is 13.5. The van der Waals surface area contributed by atoms with Gasteiger partial charge < -0.3 is 14.6 Å². The van der Waals surface area contributed by atoms with Crippen LogP contribution in [0.4, 0.5) is 8.78 Å². The van der Waals surface area contributed by atoms with Crippen LogP contribution in [0.15, 0.2) is 24.3 Å². The standard InChI is InChI=1S/C32H36ClF2N3O5/c1-30(29(41)42)9-6-19(7-10-30)26-21-8-11-31(18-39,17-37-15-20(16-37)43-2)14-24(21)38(36-26)27(40)25-22(4-3-5-23(25)33)32(12-13-32)28(34)35/h3-6,18,20,28H,7-17H2,1-2H3,(H,41,42). The first kappa shape index (κ1) is 30.1. The molecule has 0 amide bonds. The van der Waals surface area contributed by atoms with Crippen LogP contribution in [-0.2, 0) is 32.6 Å². The van der Waals surface area contributed by atoms with Crippen LogP contribution in [0, 0.1) is 10.8 Å². The highest BCUT2D eigenvalue weighted by Gasteiger charge is 2.54. The van der Waals surface area contributed by atoms with E-state index in [1.807, 2.05) is 6.08 Å². The van der Waals surface area contributed by atoms with Gasteiger partial charge >= 0.3 is 5.97 Å². The number of hydrogen-bond acceptors (Lipinski definition) is 6. The molecule has 2 aromatic rings. The van der Waals surface area contributed by atoms with Gasteiger partial charge in [-0.05, 0) is 69.1 Å². The van der Waals surface area contributed by atoms with Gasteiger partial charge in [0.05, 0.1) is 38.9 Å². The lowest BCUT2D eigenvalue weighted by Gasteiger charge is -2.44. The number of carbonyl (C=O) groups excluding carboxylic acids is 2. The lowest BCUT2D eigenvalue weighted by Crippen LogP contribution is -2.56. The van der Waals surface area contributed by atoms with Crippen molar-refractivity contribution in [2.45, 2.75) is 76.2 Å². The molecule has 0 spiro atoms. The predicted octanol–water partition coefficient (Wildman–Crippen LogP) is 5.18. The molecule has 230 valence electrons. The van der Waals surface area contributed by atoms with Gasteiger partial charge in [0, 0.05) is 44.1 Å². The normalized spacial score (nSPS) is 26.9. The van der Waals surface area contributed by atoms with Gasteiger partial charge in [-0.2, -0.15) is 9.78 Å². The molecular formula is C32H36ClF2N3O5. The average molecular weight is 616 g/mol. The fourth-order valence-electron chi connectivity index (χ4n) is 7.04. The van der Waals surface area contributed by atoms with Crippen molar-refractivity contribution in [3.8, 4) is 0 Å². The molecule has 4 aliphatic rings. The molecule has 2 heterocycles. The van der Waals surface area contributed by atoms with E-state index in [4.69, 9.17) is 21.4 Å². The number of hydrogen-bond donors (Lipinski definition) is 1. The van der Waals surface area contributed by atoms with Crippen molar-refractivity contribution < 1.29 is 33.0 Å². The monoisotopic (exact) mass is 615 g/mol. The van der Waals surface area contributed by atoms with Crippen LogP contribution < -0.4 is 0 Å². The number of rotatable bonds is 9. The van der Waals surface area contributed by atoms with E-state index in [1.165, 1.54) is 10.7 Å². The van der Waals surface area contributed by atoms with Crippen LogP contribution in [0.5, 0.6) is 0 Å².